The summed E-state index contributed by atoms with van der Waals surface area (Å²) in [4.78, 5) is 23.4. The number of fused-ring (bicyclic) bond motifs is 1. The summed E-state index contributed by atoms with van der Waals surface area (Å²) in [5, 5.41) is 11.9. The molecule has 0 spiro atoms. The van der Waals surface area contributed by atoms with Gasteiger partial charge in [-0.05, 0) is 12.0 Å². The Hall–Kier alpha value is -2.58. The molecule has 2 aliphatic rings. The third-order valence-corrected chi connectivity index (χ3v) is 9.21. The number of rotatable bonds is 5. The predicted molar refractivity (Wildman–Crippen MR) is 129 cm³/mol. The van der Waals surface area contributed by atoms with Crippen molar-refractivity contribution >= 4 is 31.4 Å². The lowest BCUT2D eigenvalue weighted by Crippen LogP contribution is -2.50. The maximum absolute atomic E-state index is 13.4. The summed E-state index contributed by atoms with van der Waals surface area (Å²) in [7, 11) is -2.90. The molecule has 5 rings (SSSR count). The highest BCUT2D eigenvalue weighted by atomic mass is 32.2. The highest BCUT2D eigenvalue weighted by molar-refractivity contribution is 7.91. The molecule has 0 radical (unpaired) electrons. The monoisotopic (exact) mass is 483 g/mol. The summed E-state index contributed by atoms with van der Waals surface area (Å²) >= 11 is 1.45. The molecular formula is C23H25N5O3S2. The van der Waals surface area contributed by atoms with Gasteiger partial charge in [-0.25, -0.2) is 13.4 Å². The van der Waals surface area contributed by atoms with Crippen LogP contribution in [0.5, 0.6) is 0 Å². The Kier molecular flexibility index (Phi) is 6.05. The lowest BCUT2D eigenvalue weighted by Gasteiger charge is -2.37. The van der Waals surface area contributed by atoms with Gasteiger partial charge >= 0.3 is 0 Å². The van der Waals surface area contributed by atoms with Gasteiger partial charge in [0.2, 0.25) is 0 Å². The van der Waals surface area contributed by atoms with Crippen molar-refractivity contribution in [3.8, 4) is 17.2 Å². The SMILES string of the molecule is N#CCn1c(CN2CCN([C@@H]3CCS(=O)(=O)C3)CC2)nc2scc(-c3ccccc3)c2c1=O. The van der Waals surface area contributed by atoms with Crippen LogP contribution in [0.3, 0.4) is 0 Å². The maximum Gasteiger partial charge on any atom is 0.263 e. The fourth-order valence-electron chi connectivity index (χ4n) is 4.80. The van der Waals surface area contributed by atoms with Crippen LogP contribution in [0.4, 0.5) is 0 Å². The van der Waals surface area contributed by atoms with Gasteiger partial charge in [0.1, 0.15) is 17.2 Å². The Bertz CT molecular complexity index is 1370. The van der Waals surface area contributed by atoms with E-state index in [4.69, 9.17) is 4.98 Å². The second kappa shape index (κ2) is 8.99. The van der Waals surface area contributed by atoms with E-state index in [1.165, 1.54) is 15.9 Å². The first-order valence-corrected chi connectivity index (χ1v) is 13.8. The number of piperazine rings is 1. The van der Waals surface area contributed by atoms with Crippen LogP contribution in [0.1, 0.15) is 12.2 Å². The molecule has 3 aromatic rings. The van der Waals surface area contributed by atoms with E-state index in [1.807, 2.05) is 35.7 Å². The molecule has 0 aliphatic carbocycles. The lowest BCUT2D eigenvalue weighted by molar-refractivity contribution is 0.0975. The maximum atomic E-state index is 13.4. The molecule has 2 aliphatic heterocycles. The van der Waals surface area contributed by atoms with Gasteiger partial charge in [-0.1, -0.05) is 30.3 Å². The van der Waals surface area contributed by atoms with E-state index in [2.05, 4.69) is 15.9 Å². The Labute approximate surface area is 196 Å². The summed E-state index contributed by atoms with van der Waals surface area (Å²) < 4.78 is 25.1. The quantitative estimate of drug-likeness (QED) is 0.547. The van der Waals surface area contributed by atoms with Crippen LogP contribution < -0.4 is 5.56 Å². The van der Waals surface area contributed by atoms with E-state index in [0.717, 1.165) is 37.3 Å². The fraction of sp³-hybridized carbons (Fsp3) is 0.435. The number of thiophene rings is 1. The van der Waals surface area contributed by atoms with Crippen LogP contribution in [-0.4, -0.2) is 71.5 Å². The summed E-state index contributed by atoms with van der Waals surface area (Å²) in [6, 6.07) is 12.0. The molecule has 0 amide bonds. The minimum atomic E-state index is -2.90. The van der Waals surface area contributed by atoms with Gasteiger partial charge in [0, 0.05) is 43.2 Å². The molecule has 33 heavy (non-hydrogen) atoms. The predicted octanol–water partition coefficient (Wildman–Crippen LogP) is 1.95. The van der Waals surface area contributed by atoms with E-state index in [9.17, 15) is 18.5 Å². The topological polar surface area (TPSA) is 99.3 Å². The summed E-state index contributed by atoms with van der Waals surface area (Å²) in [5.41, 5.74) is 1.64. The molecule has 4 heterocycles. The van der Waals surface area contributed by atoms with Crippen LogP contribution in [0.25, 0.3) is 21.3 Å². The van der Waals surface area contributed by atoms with Gasteiger partial charge in [0.05, 0.1) is 29.5 Å². The first-order valence-electron chi connectivity index (χ1n) is 11.1. The second-order valence-corrected chi connectivity index (χ2v) is 11.7. The van der Waals surface area contributed by atoms with E-state index < -0.39 is 9.84 Å². The van der Waals surface area contributed by atoms with Crippen LogP contribution >= 0.6 is 11.3 Å². The zero-order valence-corrected chi connectivity index (χ0v) is 19.8. The number of hydrogen-bond donors (Lipinski definition) is 0. The van der Waals surface area contributed by atoms with Crippen LogP contribution in [-0.2, 0) is 22.9 Å². The Morgan fingerprint density at radius 1 is 1.15 bits per heavy atom. The molecule has 0 bridgehead atoms. The van der Waals surface area contributed by atoms with Crippen molar-refractivity contribution < 1.29 is 8.42 Å². The summed E-state index contributed by atoms with van der Waals surface area (Å²) in [6.45, 7) is 3.58. The molecule has 0 unspecified atom stereocenters. The Morgan fingerprint density at radius 2 is 1.91 bits per heavy atom. The normalized spacial score (nSPS) is 21.4. The first-order chi connectivity index (χ1) is 15.9. The lowest BCUT2D eigenvalue weighted by atomic mass is 10.1. The van der Waals surface area contributed by atoms with Gasteiger partial charge in [0.15, 0.2) is 9.84 Å². The highest BCUT2D eigenvalue weighted by Crippen LogP contribution is 2.31. The largest absolute Gasteiger partial charge is 0.297 e. The van der Waals surface area contributed by atoms with Crippen molar-refractivity contribution in [1.29, 1.82) is 5.26 Å². The Morgan fingerprint density at radius 3 is 2.58 bits per heavy atom. The van der Waals surface area contributed by atoms with Gasteiger partial charge in [-0.15, -0.1) is 11.3 Å². The van der Waals surface area contributed by atoms with Crippen molar-refractivity contribution in [3.05, 3.63) is 51.9 Å². The van der Waals surface area contributed by atoms with Crippen LogP contribution in [0, 0.1) is 11.3 Å². The zero-order valence-electron chi connectivity index (χ0n) is 18.2. The average Bonchev–Trinajstić information content (AvgIpc) is 3.40. The molecule has 0 N–H and O–H groups in total. The molecule has 0 saturated carbocycles. The van der Waals surface area contributed by atoms with Crippen molar-refractivity contribution in [1.82, 2.24) is 19.4 Å². The molecular weight excluding hydrogens is 458 g/mol. The smallest absolute Gasteiger partial charge is 0.263 e. The zero-order chi connectivity index (χ0) is 23.0. The fourth-order valence-corrected chi connectivity index (χ4v) is 7.52. The molecule has 1 atom stereocenters. The standard InChI is InChI=1S/C23H25N5O3S2/c24-7-8-28-20(14-26-9-11-27(12-10-26)18-6-13-33(30,31)16-18)25-22-21(23(28)29)19(15-32-22)17-4-2-1-3-5-17/h1-5,15,18H,6,8-14,16H2/t18-/m1/s1. The van der Waals surface area contributed by atoms with Crippen LogP contribution in [0.2, 0.25) is 0 Å². The van der Waals surface area contributed by atoms with Crippen molar-refractivity contribution in [2.45, 2.75) is 25.6 Å². The van der Waals surface area contributed by atoms with E-state index in [-0.39, 0.29) is 29.7 Å². The minimum Gasteiger partial charge on any atom is -0.297 e. The summed E-state index contributed by atoms with van der Waals surface area (Å²) in [5.74, 6) is 1.15. The van der Waals surface area contributed by atoms with Gasteiger partial charge in [-0.3, -0.25) is 19.2 Å². The molecule has 172 valence electrons. The number of hydrogen-bond acceptors (Lipinski definition) is 8. The molecule has 2 fully saturated rings. The third kappa shape index (κ3) is 4.46. The first kappa shape index (κ1) is 22.2. The third-order valence-electron chi connectivity index (χ3n) is 6.58. The number of sulfone groups is 1. The van der Waals surface area contributed by atoms with Crippen molar-refractivity contribution in [2.75, 3.05) is 37.7 Å². The molecule has 8 nitrogen and oxygen atoms in total. The highest BCUT2D eigenvalue weighted by Gasteiger charge is 2.33. The van der Waals surface area contributed by atoms with Crippen LogP contribution in [0.15, 0.2) is 40.5 Å². The summed E-state index contributed by atoms with van der Waals surface area (Å²) in [6.07, 6.45) is 0.713. The number of nitrogens with zero attached hydrogens (tertiary/aromatic N) is 5. The van der Waals surface area contributed by atoms with Crippen molar-refractivity contribution in [2.24, 2.45) is 0 Å². The number of nitriles is 1. The average molecular weight is 484 g/mol. The van der Waals surface area contributed by atoms with Gasteiger partial charge < -0.3 is 0 Å². The number of benzene rings is 1. The molecule has 2 aromatic heterocycles. The van der Waals surface area contributed by atoms with Gasteiger partial charge in [-0.2, -0.15) is 5.26 Å². The molecule has 1 aromatic carbocycles. The second-order valence-electron chi connectivity index (χ2n) is 8.64. The molecule has 2 saturated heterocycles. The van der Waals surface area contributed by atoms with E-state index in [1.54, 1.807) is 0 Å². The minimum absolute atomic E-state index is 0.0406. The van der Waals surface area contributed by atoms with Crippen molar-refractivity contribution in [3.63, 3.8) is 0 Å². The van der Waals surface area contributed by atoms with E-state index >= 15 is 0 Å². The number of aromatic nitrogens is 2. The van der Waals surface area contributed by atoms with E-state index in [0.29, 0.717) is 29.0 Å². The van der Waals surface area contributed by atoms with Gasteiger partial charge in [0.25, 0.3) is 5.56 Å². The molecule has 10 heteroatoms. The Balaban J connectivity index is 1.38.